The number of nitrogens with one attached hydrogen (secondary N) is 2. The molecule has 1 aliphatic heterocycles. The molecular weight excluding hydrogens is 289 g/mol. The van der Waals surface area contributed by atoms with Crippen LogP contribution >= 0.6 is 23.2 Å². The van der Waals surface area contributed by atoms with E-state index in [9.17, 15) is 10.1 Å². The van der Waals surface area contributed by atoms with Gasteiger partial charge in [-0.25, -0.2) is 0 Å². The summed E-state index contributed by atoms with van der Waals surface area (Å²) < 4.78 is 0. The van der Waals surface area contributed by atoms with E-state index in [0.29, 0.717) is 10.7 Å². The molecule has 2 N–H and O–H groups in total. The van der Waals surface area contributed by atoms with Crippen LogP contribution < -0.4 is 10.6 Å². The van der Waals surface area contributed by atoms with Crippen molar-refractivity contribution in [3.8, 4) is 0 Å². The predicted molar refractivity (Wildman–Crippen MR) is 77.2 cm³/mol. The molecule has 1 aromatic carbocycles. The zero-order chi connectivity index (χ0) is 13.8. The quantitative estimate of drug-likeness (QED) is 0.663. The first-order valence-electron chi connectivity index (χ1n) is 6.18. The third kappa shape index (κ3) is 3.72. The molecular formula is C12H15Cl2N3O2. The van der Waals surface area contributed by atoms with Crippen molar-refractivity contribution in [2.45, 2.75) is 25.3 Å². The normalized spacial score (nSPS) is 19.8. The molecule has 0 saturated carbocycles. The molecule has 0 spiro atoms. The minimum Gasteiger partial charge on any atom is -0.375 e. The predicted octanol–water partition coefficient (Wildman–Crippen LogP) is 3.46. The summed E-state index contributed by atoms with van der Waals surface area (Å²) in [5.74, 6) is 0. The lowest BCUT2D eigenvalue weighted by Crippen LogP contribution is -2.31. The Kier molecular flexibility index (Phi) is 4.85. The van der Waals surface area contributed by atoms with E-state index in [0.717, 1.165) is 32.4 Å². The second-order valence-electron chi connectivity index (χ2n) is 4.58. The maximum Gasteiger partial charge on any atom is 0.293 e. The maximum absolute atomic E-state index is 11.0. The molecule has 1 saturated heterocycles. The Morgan fingerprint density at radius 1 is 1.32 bits per heavy atom. The van der Waals surface area contributed by atoms with Gasteiger partial charge in [-0.1, -0.05) is 29.6 Å². The summed E-state index contributed by atoms with van der Waals surface area (Å²) in [6, 6.07) is 2.97. The number of nitrogens with zero attached hydrogens (tertiary/aromatic N) is 1. The van der Waals surface area contributed by atoms with E-state index in [1.807, 2.05) is 0 Å². The van der Waals surface area contributed by atoms with E-state index >= 15 is 0 Å². The fourth-order valence-corrected chi connectivity index (χ4v) is 2.49. The summed E-state index contributed by atoms with van der Waals surface area (Å²) in [4.78, 5) is 10.6. The van der Waals surface area contributed by atoms with Crippen LogP contribution in [0.4, 0.5) is 11.4 Å². The van der Waals surface area contributed by atoms with Crippen LogP contribution in [-0.4, -0.2) is 24.1 Å². The third-order valence-electron chi connectivity index (χ3n) is 3.14. The SMILES string of the molecule is O=[N+]([O-])c1cc(Cl)c(Cl)cc1NC1CCCCNC1. The van der Waals surface area contributed by atoms with E-state index in [4.69, 9.17) is 23.2 Å². The first kappa shape index (κ1) is 14.4. The fourth-order valence-electron chi connectivity index (χ4n) is 2.17. The highest BCUT2D eigenvalue weighted by atomic mass is 35.5. The first-order valence-corrected chi connectivity index (χ1v) is 6.94. The number of hydrogen-bond donors (Lipinski definition) is 2. The Bertz CT molecular complexity index is 474. The molecule has 0 bridgehead atoms. The van der Waals surface area contributed by atoms with Crippen LogP contribution in [0.25, 0.3) is 0 Å². The standard InChI is InChI=1S/C12H15Cl2N3O2/c13-9-5-11(12(17(18)19)6-10(9)14)16-8-3-1-2-4-15-7-8/h5-6,8,15-16H,1-4,7H2. The Labute approximate surface area is 121 Å². The van der Waals surface area contributed by atoms with Crippen molar-refractivity contribution in [2.24, 2.45) is 0 Å². The van der Waals surface area contributed by atoms with Gasteiger partial charge in [-0.05, 0) is 25.5 Å². The van der Waals surface area contributed by atoms with Crippen LogP contribution in [0.1, 0.15) is 19.3 Å². The van der Waals surface area contributed by atoms with Gasteiger partial charge < -0.3 is 10.6 Å². The summed E-state index contributed by atoms with van der Waals surface area (Å²) in [5, 5.41) is 18.0. The molecule has 2 rings (SSSR count). The number of rotatable bonds is 3. The Balaban J connectivity index is 2.22. The lowest BCUT2D eigenvalue weighted by atomic mass is 10.1. The Morgan fingerprint density at radius 3 is 2.79 bits per heavy atom. The van der Waals surface area contributed by atoms with Crippen LogP contribution in [0.2, 0.25) is 10.0 Å². The van der Waals surface area contributed by atoms with Crippen LogP contribution in [0.15, 0.2) is 12.1 Å². The topological polar surface area (TPSA) is 67.2 Å². The van der Waals surface area contributed by atoms with Gasteiger partial charge in [0.1, 0.15) is 5.69 Å². The molecule has 1 heterocycles. The zero-order valence-corrected chi connectivity index (χ0v) is 11.8. The molecule has 0 radical (unpaired) electrons. The molecule has 19 heavy (non-hydrogen) atoms. The number of hydrogen-bond acceptors (Lipinski definition) is 4. The van der Waals surface area contributed by atoms with E-state index in [2.05, 4.69) is 10.6 Å². The summed E-state index contributed by atoms with van der Waals surface area (Å²) in [5.41, 5.74) is 0.381. The van der Waals surface area contributed by atoms with Gasteiger partial charge in [0.15, 0.2) is 0 Å². The molecule has 1 unspecified atom stereocenters. The number of halogens is 2. The molecule has 1 fully saturated rings. The van der Waals surface area contributed by atoms with Crippen molar-refractivity contribution in [1.82, 2.24) is 5.32 Å². The van der Waals surface area contributed by atoms with Crippen molar-refractivity contribution in [2.75, 3.05) is 18.4 Å². The molecule has 1 aromatic rings. The fraction of sp³-hybridized carbons (Fsp3) is 0.500. The molecule has 0 aromatic heterocycles. The highest BCUT2D eigenvalue weighted by Crippen LogP contribution is 2.34. The Hall–Kier alpha value is -1.04. The van der Waals surface area contributed by atoms with Crippen molar-refractivity contribution in [1.29, 1.82) is 0 Å². The van der Waals surface area contributed by atoms with Crippen LogP contribution in [-0.2, 0) is 0 Å². The van der Waals surface area contributed by atoms with Crippen molar-refractivity contribution in [3.63, 3.8) is 0 Å². The number of nitro groups is 1. The second kappa shape index (κ2) is 6.41. The monoisotopic (exact) mass is 303 g/mol. The average Bonchev–Trinajstić information content (AvgIpc) is 2.62. The number of anilines is 1. The van der Waals surface area contributed by atoms with Gasteiger partial charge in [-0.15, -0.1) is 0 Å². The highest BCUT2D eigenvalue weighted by Gasteiger charge is 2.20. The summed E-state index contributed by atoms with van der Waals surface area (Å²) in [6.07, 6.45) is 3.20. The van der Waals surface area contributed by atoms with E-state index in [-0.39, 0.29) is 16.8 Å². The number of nitro benzene ring substituents is 1. The highest BCUT2D eigenvalue weighted by molar-refractivity contribution is 6.42. The van der Waals surface area contributed by atoms with Crippen LogP contribution in [0.3, 0.4) is 0 Å². The number of benzene rings is 1. The van der Waals surface area contributed by atoms with Crippen molar-refractivity contribution in [3.05, 3.63) is 32.3 Å². The van der Waals surface area contributed by atoms with E-state index < -0.39 is 4.92 Å². The molecule has 1 aliphatic rings. The van der Waals surface area contributed by atoms with Gasteiger partial charge in [0.25, 0.3) is 5.69 Å². The van der Waals surface area contributed by atoms with Gasteiger partial charge in [-0.2, -0.15) is 0 Å². The minimum atomic E-state index is -0.450. The van der Waals surface area contributed by atoms with Gasteiger partial charge >= 0.3 is 0 Å². The zero-order valence-electron chi connectivity index (χ0n) is 10.3. The summed E-state index contributed by atoms with van der Waals surface area (Å²) in [6.45, 7) is 1.78. The van der Waals surface area contributed by atoms with Gasteiger partial charge in [-0.3, -0.25) is 10.1 Å². The summed E-state index contributed by atoms with van der Waals surface area (Å²) >= 11 is 11.8. The molecule has 5 nitrogen and oxygen atoms in total. The van der Waals surface area contributed by atoms with E-state index in [1.54, 1.807) is 0 Å². The van der Waals surface area contributed by atoms with Crippen LogP contribution in [0.5, 0.6) is 0 Å². The maximum atomic E-state index is 11.0. The smallest absolute Gasteiger partial charge is 0.293 e. The Morgan fingerprint density at radius 2 is 2.05 bits per heavy atom. The average molecular weight is 304 g/mol. The lowest BCUT2D eigenvalue weighted by molar-refractivity contribution is -0.384. The molecule has 7 heteroatoms. The van der Waals surface area contributed by atoms with E-state index in [1.165, 1.54) is 12.1 Å². The van der Waals surface area contributed by atoms with Gasteiger partial charge in [0.2, 0.25) is 0 Å². The van der Waals surface area contributed by atoms with Crippen molar-refractivity contribution < 1.29 is 4.92 Å². The second-order valence-corrected chi connectivity index (χ2v) is 5.40. The first-order chi connectivity index (χ1) is 9.08. The van der Waals surface area contributed by atoms with Gasteiger partial charge in [0.05, 0.1) is 15.0 Å². The van der Waals surface area contributed by atoms with Crippen molar-refractivity contribution >= 4 is 34.6 Å². The summed E-state index contributed by atoms with van der Waals surface area (Å²) in [7, 11) is 0. The minimum absolute atomic E-state index is 0.0429. The van der Waals surface area contributed by atoms with Crippen LogP contribution in [0, 0.1) is 10.1 Å². The largest absolute Gasteiger partial charge is 0.375 e. The third-order valence-corrected chi connectivity index (χ3v) is 3.86. The molecule has 1 atom stereocenters. The lowest BCUT2D eigenvalue weighted by Gasteiger charge is -2.18. The van der Waals surface area contributed by atoms with Gasteiger partial charge in [0, 0.05) is 18.7 Å². The molecule has 0 amide bonds. The molecule has 0 aliphatic carbocycles. The molecule has 104 valence electrons.